The average molecular weight is 230 g/mol. The molecule has 86 valence electrons. The number of hydrogen-bond acceptors (Lipinski definition) is 3. The van der Waals surface area contributed by atoms with Crippen LogP contribution in [0, 0.1) is 6.92 Å². The molecular formula is C9H9F3N4. The molecule has 2 aromatic rings. The first kappa shape index (κ1) is 10.7. The predicted molar refractivity (Wildman–Crippen MR) is 52.3 cm³/mol. The molecule has 2 rings (SSSR count). The van der Waals surface area contributed by atoms with Crippen LogP contribution < -0.4 is 5.32 Å². The van der Waals surface area contributed by atoms with E-state index in [1.807, 2.05) is 0 Å². The van der Waals surface area contributed by atoms with Gasteiger partial charge in [0.15, 0.2) is 5.82 Å². The van der Waals surface area contributed by atoms with Crippen LogP contribution in [0.3, 0.4) is 0 Å². The lowest BCUT2D eigenvalue weighted by Gasteiger charge is -2.09. The van der Waals surface area contributed by atoms with Crippen molar-refractivity contribution in [2.75, 3.05) is 11.9 Å². The van der Waals surface area contributed by atoms with E-state index in [0.717, 1.165) is 5.69 Å². The second kappa shape index (κ2) is 3.66. The molecule has 16 heavy (non-hydrogen) atoms. The lowest BCUT2D eigenvalue weighted by Crippen LogP contribution is -2.22. The normalized spacial score (nSPS) is 12.0. The lowest BCUT2D eigenvalue weighted by atomic mass is 10.4. The van der Waals surface area contributed by atoms with E-state index in [1.165, 1.54) is 10.7 Å². The van der Waals surface area contributed by atoms with Crippen LogP contribution in [0.25, 0.3) is 5.52 Å². The number of nitrogens with one attached hydrogen (secondary N) is 1. The molecule has 1 N–H and O–H groups in total. The summed E-state index contributed by atoms with van der Waals surface area (Å²) in [6.45, 7) is 0.657. The summed E-state index contributed by atoms with van der Waals surface area (Å²) >= 11 is 0. The molecule has 7 heteroatoms. The third-order valence-electron chi connectivity index (χ3n) is 1.97. The third-order valence-corrected chi connectivity index (χ3v) is 1.97. The molecule has 0 radical (unpaired) electrons. The Balaban J connectivity index is 2.30. The van der Waals surface area contributed by atoms with Gasteiger partial charge in [0.2, 0.25) is 0 Å². The number of rotatable bonds is 2. The summed E-state index contributed by atoms with van der Waals surface area (Å²) in [5.41, 5.74) is 1.26. The molecule has 0 aliphatic rings. The van der Waals surface area contributed by atoms with Gasteiger partial charge in [0.1, 0.15) is 12.1 Å². The van der Waals surface area contributed by atoms with E-state index < -0.39 is 12.7 Å². The molecule has 0 fully saturated rings. The first-order valence-corrected chi connectivity index (χ1v) is 4.57. The fourth-order valence-electron chi connectivity index (χ4n) is 1.36. The fraction of sp³-hybridized carbons (Fsp3) is 0.333. The van der Waals surface area contributed by atoms with Crippen LogP contribution in [-0.4, -0.2) is 27.3 Å². The van der Waals surface area contributed by atoms with Crippen molar-refractivity contribution in [2.45, 2.75) is 13.1 Å². The number of nitrogens with zero attached hydrogens (tertiary/aromatic N) is 3. The van der Waals surface area contributed by atoms with Crippen LogP contribution in [0.15, 0.2) is 18.5 Å². The van der Waals surface area contributed by atoms with Crippen molar-refractivity contribution in [1.29, 1.82) is 0 Å². The van der Waals surface area contributed by atoms with Crippen molar-refractivity contribution in [1.82, 2.24) is 14.6 Å². The van der Waals surface area contributed by atoms with E-state index in [-0.39, 0.29) is 5.82 Å². The summed E-state index contributed by atoms with van der Waals surface area (Å²) in [5.74, 6) is 0.181. The number of hydrogen-bond donors (Lipinski definition) is 1. The first-order valence-electron chi connectivity index (χ1n) is 4.57. The summed E-state index contributed by atoms with van der Waals surface area (Å²) in [6, 6.07) is 1.67. The molecule has 4 nitrogen and oxygen atoms in total. The average Bonchev–Trinajstić information content (AvgIpc) is 2.54. The molecule has 0 aliphatic carbocycles. The highest BCUT2D eigenvalue weighted by molar-refractivity contribution is 5.67. The van der Waals surface area contributed by atoms with E-state index in [1.54, 1.807) is 19.2 Å². The maximum Gasteiger partial charge on any atom is 0.405 e. The quantitative estimate of drug-likeness (QED) is 0.858. The summed E-state index contributed by atoms with van der Waals surface area (Å²) in [5, 5.41) is 6.32. The molecule has 0 atom stereocenters. The molecule has 0 aromatic carbocycles. The highest BCUT2D eigenvalue weighted by Gasteiger charge is 2.27. The van der Waals surface area contributed by atoms with Gasteiger partial charge in [0.25, 0.3) is 0 Å². The molecule has 0 amide bonds. The Morgan fingerprint density at radius 1 is 1.44 bits per heavy atom. The van der Waals surface area contributed by atoms with Gasteiger partial charge >= 0.3 is 6.18 Å². The zero-order valence-corrected chi connectivity index (χ0v) is 8.41. The van der Waals surface area contributed by atoms with Gasteiger partial charge in [0, 0.05) is 12.4 Å². The standard InChI is InChI=1S/C9H9F3N4/c1-6-4-7-8(14-5-9(10,11)12)13-2-3-16(7)15-6/h2-4H,5H2,1H3,(H,13,14). The molecule has 0 saturated heterocycles. The van der Waals surface area contributed by atoms with Crippen LogP contribution >= 0.6 is 0 Å². The molecule has 0 bridgehead atoms. The molecule has 0 saturated carbocycles. The Bertz CT molecular complexity index is 503. The van der Waals surface area contributed by atoms with Crippen LogP contribution in [0.1, 0.15) is 5.69 Å². The zero-order chi connectivity index (χ0) is 11.8. The van der Waals surface area contributed by atoms with E-state index in [0.29, 0.717) is 5.52 Å². The van der Waals surface area contributed by atoms with Crippen molar-refractivity contribution in [3.05, 3.63) is 24.2 Å². The number of fused-ring (bicyclic) bond motifs is 1. The van der Waals surface area contributed by atoms with Crippen molar-refractivity contribution < 1.29 is 13.2 Å². The van der Waals surface area contributed by atoms with Gasteiger partial charge in [-0.1, -0.05) is 0 Å². The van der Waals surface area contributed by atoms with Gasteiger partial charge in [-0.15, -0.1) is 0 Å². The highest BCUT2D eigenvalue weighted by atomic mass is 19.4. The number of aromatic nitrogens is 3. The van der Waals surface area contributed by atoms with Gasteiger partial charge < -0.3 is 5.32 Å². The maximum atomic E-state index is 12.0. The molecule has 0 aliphatic heterocycles. The minimum Gasteiger partial charge on any atom is -0.359 e. The van der Waals surface area contributed by atoms with Crippen molar-refractivity contribution in [3.63, 3.8) is 0 Å². The monoisotopic (exact) mass is 230 g/mol. The predicted octanol–water partition coefficient (Wildman–Crippen LogP) is 2.01. The van der Waals surface area contributed by atoms with Gasteiger partial charge in [-0.2, -0.15) is 18.3 Å². The van der Waals surface area contributed by atoms with E-state index in [2.05, 4.69) is 15.4 Å². The molecular weight excluding hydrogens is 221 g/mol. The Morgan fingerprint density at radius 2 is 2.19 bits per heavy atom. The van der Waals surface area contributed by atoms with Crippen LogP contribution in [0.4, 0.5) is 19.0 Å². The second-order valence-corrected chi connectivity index (χ2v) is 3.36. The summed E-state index contributed by atoms with van der Waals surface area (Å²) in [6.07, 6.45) is -1.27. The maximum absolute atomic E-state index is 12.0. The summed E-state index contributed by atoms with van der Waals surface area (Å²) in [7, 11) is 0. The first-order chi connectivity index (χ1) is 7.46. The van der Waals surface area contributed by atoms with E-state index >= 15 is 0 Å². The SMILES string of the molecule is Cc1cc2c(NCC(F)(F)F)nccn2n1. The van der Waals surface area contributed by atoms with Crippen molar-refractivity contribution in [3.8, 4) is 0 Å². The largest absolute Gasteiger partial charge is 0.405 e. The summed E-state index contributed by atoms with van der Waals surface area (Å²) in [4.78, 5) is 3.85. The van der Waals surface area contributed by atoms with Gasteiger partial charge in [-0.05, 0) is 13.0 Å². The minimum atomic E-state index is -4.26. The Morgan fingerprint density at radius 3 is 2.88 bits per heavy atom. The van der Waals surface area contributed by atoms with Gasteiger partial charge in [-0.25, -0.2) is 9.50 Å². The molecule has 0 unspecified atom stereocenters. The van der Waals surface area contributed by atoms with E-state index in [4.69, 9.17) is 0 Å². The van der Waals surface area contributed by atoms with E-state index in [9.17, 15) is 13.2 Å². The van der Waals surface area contributed by atoms with Gasteiger partial charge in [-0.3, -0.25) is 0 Å². The molecule has 2 aromatic heterocycles. The van der Waals surface area contributed by atoms with Crippen LogP contribution in [0.2, 0.25) is 0 Å². The topological polar surface area (TPSA) is 42.2 Å². The smallest absolute Gasteiger partial charge is 0.359 e. The number of anilines is 1. The van der Waals surface area contributed by atoms with Crippen molar-refractivity contribution in [2.24, 2.45) is 0 Å². The number of alkyl halides is 3. The van der Waals surface area contributed by atoms with Gasteiger partial charge in [0.05, 0.1) is 5.69 Å². The molecule has 0 spiro atoms. The Labute approximate surface area is 89.1 Å². The van der Waals surface area contributed by atoms with Crippen LogP contribution in [0.5, 0.6) is 0 Å². The Kier molecular flexibility index (Phi) is 2.45. The van der Waals surface area contributed by atoms with Crippen molar-refractivity contribution >= 4 is 11.3 Å². The fourth-order valence-corrected chi connectivity index (χ4v) is 1.36. The number of aryl methyl sites for hydroxylation is 1. The summed E-state index contributed by atoms with van der Waals surface area (Å²) < 4.78 is 37.6. The van der Waals surface area contributed by atoms with Crippen LogP contribution in [-0.2, 0) is 0 Å². The zero-order valence-electron chi connectivity index (χ0n) is 8.41. The lowest BCUT2D eigenvalue weighted by molar-refractivity contribution is -0.115. The minimum absolute atomic E-state index is 0.181. The number of halogens is 3. The second-order valence-electron chi connectivity index (χ2n) is 3.36. The highest BCUT2D eigenvalue weighted by Crippen LogP contribution is 2.18. The Hall–Kier alpha value is -1.79. The third kappa shape index (κ3) is 2.23. The molecule has 2 heterocycles.